The van der Waals surface area contributed by atoms with E-state index in [4.69, 9.17) is 0 Å². The van der Waals surface area contributed by atoms with Crippen molar-refractivity contribution in [1.82, 2.24) is 15.1 Å². The lowest BCUT2D eigenvalue weighted by Gasteiger charge is -2.28. The summed E-state index contributed by atoms with van der Waals surface area (Å²) in [4.78, 5) is 4.80. The molecule has 0 saturated carbocycles. The Labute approximate surface area is 118 Å². The minimum atomic E-state index is 0.412. The predicted octanol–water partition coefficient (Wildman–Crippen LogP) is 2.22. The SMILES string of the molecule is CCCN(CCN(C)C)CC(NC)c1ccccc1. The maximum Gasteiger partial charge on any atom is 0.0446 e. The van der Waals surface area contributed by atoms with Crippen molar-refractivity contribution in [2.45, 2.75) is 19.4 Å². The van der Waals surface area contributed by atoms with Crippen LogP contribution < -0.4 is 5.32 Å². The van der Waals surface area contributed by atoms with E-state index in [0.29, 0.717) is 6.04 Å². The molecule has 1 N–H and O–H groups in total. The van der Waals surface area contributed by atoms with Crippen molar-refractivity contribution >= 4 is 0 Å². The van der Waals surface area contributed by atoms with Crippen molar-refractivity contribution in [1.29, 1.82) is 0 Å². The van der Waals surface area contributed by atoms with E-state index in [1.807, 2.05) is 7.05 Å². The van der Waals surface area contributed by atoms with Gasteiger partial charge in [-0.2, -0.15) is 0 Å². The van der Waals surface area contributed by atoms with E-state index < -0.39 is 0 Å². The molecular weight excluding hydrogens is 234 g/mol. The number of likely N-dealkylation sites (N-methyl/N-ethyl adjacent to an activating group) is 2. The van der Waals surface area contributed by atoms with Crippen molar-refractivity contribution in [3.05, 3.63) is 35.9 Å². The minimum absolute atomic E-state index is 0.412. The summed E-state index contributed by atoms with van der Waals surface area (Å²) >= 11 is 0. The number of nitrogens with zero attached hydrogens (tertiary/aromatic N) is 2. The van der Waals surface area contributed by atoms with Crippen LogP contribution in [0, 0.1) is 0 Å². The third-order valence-corrected chi connectivity index (χ3v) is 3.39. The van der Waals surface area contributed by atoms with E-state index in [1.165, 1.54) is 18.5 Å². The van der Waals surface area contributed by atoms with Crippen LogP contribution in [0.3, 0.4) is 0 Å². The van der Waals surface area contributed by atoms with E-state index in [1.54, 1.807) is 0 Å². The average molecular weight is 263 g/mol. The van der Waals surface area contributed by atoms with Crippen LogP contribution in [0.25, 0.3) is 0 Å². The van der Waals surface area contributed by atoms with Gasteiger partial charge in [-0.3, -0.25) is 0 Å². The molecule has 0 aliphatic carbocycles. The van der Waals surface area contributed by atoms with Gasteiger partial charge < -0.3 is 15.1 Å². The molecule has 3 nitrogen and oxygen atoms in total. The second kappa shape index (κ2) is 9.08. The van der Waals surface area contributed by atoms with Crippen LogP contribution in [0.15, 0.2) is 30.3 Å². The van der Waals surface area contributed by atoms with E-state index in [9.17, 15) is 0 Å². The topological polar surface area (TPSA) is 18.5 Å². The lowest BCUT2D eigenvalue weighted by Crippen LogP contribution is -2.38. The van der Waals surface area contributed by atoms with Gasteiger partial charge in [0.05, 0.1) is 0 Å². The fraction of sp³-hybridized carbons (Fsp3) is 0.625. The Hall–Kier alpha value is -0.900. The Morgan fingerprint density at radius 1 is 1.05 bits per heavy atom. The first kappa shape index (κ1) is 16.2. The zero-order valence-corrected chi connectivity index (χ0v) is 12.9. The molecule has 1 rings (SSSR count). The Bertz CT molecular complexity index is 324. The molecule has 0 aromatic heterocycles. The van der Waals surface area contributed by atoms with Gasteiger partial charge in [-0.1, -0.05) is 37.3 Å². The number of benzene rings is 1. The molecule has 0 heterocycles. The quantitative estimate of drug-likeness (QED) is 0.737. The molecule has 1 unspecified atom stereocenters. The van der Waals surface area contributed by atoms with Gasteiger partial charge >= 0.3 is 0 Å². The summed E-state index contributed by atoms with van der Waals surface area (Å²) in [5.74, 6) is 0. The van der Waals surface area contributed by atoms with Crippen LogP contribution in [-0.4, -0.2) is 57.1 Å². The number of nitrogens with one attached hydrogen (secondary N) is 1. The first-order valence-electron chi connectivity index (χ1n) is 7.26. The predicted molar refractivity (Wildman–Crippen MR) is 83.5 cm³/mol. The summed E-state index contributed by atoms with van der Waals surface area (Å²) in [6.07, 6.45) is 1.21. The van der Waals surface area contributed by atoms with Crippen LogP contribution in [0.2, 0.25) is 0 Å². The normalized spacial score (nSPS) is 13.2. The maximum absolute atomic E-state index is 3.44. The molecule has 0 amide bonds. The summed E-state index contributed by atoms with van der Waals surface area (Å²) in [6, 6.07) is 11.1. The molecule has 19 heavy (non-hydrogen) atoms. The van der Waals surface area contributed by atoms with E-state index >= 15 is 0 Å². The third-order valence-electron chi connectivity index (χ3n) is 3.39. The molecule has 0 aliphatic heterocycles. The molecule has 1 aromatic carbocycles. The largest absolute Gasteiger partial charge is 0.312 e. The van der Waals surface area contributed by atoms with E-state index in [0.717, 1.165) is 19.6 Å². The van der Waals surface area contributed by atoms with Gasteiger partial charge in [0.25, 0.3) is 0 Å². The monoisotopic (exact) mass is 263 g/mol. The number of hydrogen-bond acceptors (Lipinski definition) is 3. The first-order chi connectivity index (χ1) is 9.17. The Morgan fingerprint density at radius 2 is 1.74 bits per heavy atom. The van der Waals surface area contributed by atoms with Crippen molar-refractivity contribution in [2.75, 3.05) is 47.3 Å². The smallest absolute Gasteiger partial charge is 0.0446 e. The maximum atomic E-state index is 3.44. The standard InChI is InChI=1S/C16H29N3/c1-5-11-19(13-12-18(3)4)14-16(17-2)15-9-7-6-8-10-15/h6-10,16-17H,5,11-14H2,1-4H3. The zero-order chi connectivity index (χ0) is 14.1. The average Bonchev–Trinajstić information content (AvgIpc) is 2.42. The highest BCUT2D eigenvalue weighted by molar-refractivity contribution is 5.19. The van der Waals surface area contributed by atoms with E-state index in [2.05, 4.69) is 66.5 Å². The van der Waals surface area contributed by atoms with Gasteiger partial charge in [0.15, 0.2) is 0 Å². The Balaban J connectivity index is 2.59. The fourth-order valence-electron chi connectivity index (χ4n) is 2.26. The molecule has 0 fully saturated rings. The molecule has 0 bridgehead atoms. The first-order valence-corrected chi connectivity index (χ1v) is 7.26. The summed E-state index contributed by atoms with van der Waals surface area (Å²) in [5.41, 5.74) is 1.37. The second-order valence-corrected chi connectivity index (χ2v) is 5.36. The highest BCUT2D eigenvalue weighted by Crippen LogP contribution is 2.13. The van der Waals surface area contributed by atoms with Crippen LogP contribution in [-0.2, 0) is 0 Å². The molecule has 0 spiro atoms. The van der Waals surface area contributed by atoms with Crippen LogP contribution in [0.5, 0.6) is 0 Å². The minimum Gasteiger partial charge on any atom is -0.312 e. The van der Waals surface area contributed by atoms with Crippen molar-refractivity contribution in [3.63, 3.8) is 0 Å². The number of rotatable bonds is 9. The Morgan fingerprint density at radius 3 is 2.26 bits per heavy atom. The molecule has 3 heteroatoms. The van der Waals surface area contributed by atoms with Gasteiger partial charge in [-0.05, 0) is 39.7 Å². The fourth-order valence-corrected chi connectivity index (χ4v) is 2.26. The zero-order valence-electron chi connectivity index (χ0n) is 12.9. The summed E-state index contributed by atoms with van der Waals surface area (Å²) in [6.45, 7) is 6.73. The van der Waals surface area contributed by atoms with Crippen molar-refractivity contribution in [3.8, 4) is 0 Å². The molecule has 108 valence electrons. The summed E-state index contributed by atoms with van der Waals surface area (Å²) in [5, 5.41) is 3.44. The second-order valence-electron chi connectivity index (χ2n) is 5.36. The molecular formula is C16H29N3. The highest BCUT2D eigenvalue weighted by atomic mass is 15.2. The molecule has 0 saturated heterocycles. The van der Waals surface area contributed by atoms with Gasteiger partial charge in [-0.25, -0.2) is 0 Å². The van der Waals surface area contributed by atoms with Crippen LogP contribution in [0.1, 0.15) is 24.9 Å². The molecule has 1 atom stereocenters. The van der Waals surface area contributed by atoms with Gasteiger partial charge in [0, 0.05) is 25.7 Å². The van der Waals surface area contributed by atoms with Crippen molar-refractivity contribution in [2.24, 2.45) is 0 Å². The summed E-state index contributed by atoms with van der Waals surface area (Å²) < 4.78 is 0. The van der Waals surface area contributed by atoms with Gasteiger partial charge in [-0.15, -0.1) is 0 Å². The van der Waals surface area contributed by atoms with Crippen LogP contribution >= 0.6 is 0 Å². The lowest BCUT2D eigenvalue weighted by molar-refractivity contribution is 0.221. The Kier molecular flexibility index (Phi) is 7.72. The van der Waals surface area contributed by atoms with Gasteiger partial charge in [0.2, 0.25) is 0 Å². The summed E-state index contributed by atoms with van der Waals surface area (Å²) in [7, 11) is 6.32. The van der Waals surface area contributed by atoms with Crippen molar-refractivity contribution < 1.29 is 0 Å². The van der Waals surface area contributed by atoms with Crippen LogP contribution in [0.4, 0.5) is 0 Å². The van der Waals surface area contributed by atoms with Gasteiger partial charge in [0.1, 0.15) is 0 Å². The van der Waals surface area contributed by atoms with E-state index in [-0.39, 0.29) is 0 Å². The molecule has 0 radical (unpaired) electrons. The molecule has 1 aromatic rings. The number of hydrogen-bond donors (Lipinski definition) is 1. The third kappa shape index (κ3) is 6.19. The lowest BCUT2D eigenvalue weighted by atomic mass is 10.1. The molecule has 0 aliphatic rings. The highest BCUT2D eigenvalue weighted by Gasteiger charge is 2.13.